The van der Waals surface area contributed by atoms with Gasteiger partial charge in [-0.1, -0.05) is 42.5 Å². The molecule has 0 saturated carbocycles. The summed E-state index contributed by atoms with van der Waals surface area (Å²) in [4.78, 5) is 37.9. The summed E-state index contributed by atoms with van der Waals surface area (Å²) in [5.74, 6) is -0.593. The molecule has 0 N–H and O–H groups in total. The average molecular weight is 367 g/mol. The molecular weight excluding hydrogens is 346 g/mol. The topological polar surface area (TPSA) is 72.9 Å². The van der Waals surface area contributed by atoms with Crippen LogP contribution in [-0.2, 0) is 14.3 Å². The van der Waals surface area contributed by atoms with Crippen LogP contribution in [0.2, 0.25) is 0 Å². The molecule has 6 nitrogen and oxygen atoms in total. The first-order valence-electron chi connectivity index (χ1n) is 8.89. The van der Waals surface area contributed by atoms with E-state index in [0.717, 1.165) is 12.8 Å². The van der Waals surface area contributed by atoms with Crippen LogP contribution in [0.3, 0.4) is 0 Å². The summed E-state index contributed by atoms with van der Waals surface area (Å²) in [6, 6.07) is 15.5. The average Bonchev–Trinajstić information content (AvgIpc) is 3.25. The van der Waals surface area contributed by atoms with Gasteiger partial charge >= 0.3 is 5.97 Å². The quantitative estimate of drug-likeness (QED) is 0.556. The number of ether oxygens (including phenoxy) is 2. The van der Waals surface area contributed by atoms with Crippen molar-refractivity contribution in [3.05, 3.63) is 65.7 Å². The maximum Gasteiger partial charge on any atom is 0.345 e. The molecule has 0 aliphatic carbocycles. The van der Waals surface area contributed by atoms with Crippen LogP contribution in [0.15, 0.2) is 54.6 Å². The number of likely N-dealkylation sites (tertiary alicyclic amines) is 1. The maximum absolute atomic E-state index is 12.8. The summed E-state index contributed by atoms with van der Waals surface area (Å²) >= 11 is 0. The summed E-state index contributed by atoms with van der Waals surface area (Å²) < 4.78 is 10.9. The van der Waals surface area contributed by atoms with Crippen molar-refractivity contribution >= 4 is 18.2 Å². The van der Waals surface area contributed by atoms with Gasteiger partial charge < -0.3 is 14.4 Å². The molecule has 1 aliphatic heterocycles. The number of aldehydes is 1. The van der Waals surface area contributed by atoms with Crippen molar-refractivity contribution in [3.8, 4) is 5.75 Å². The standard InChI is InChI=1S/C21H21NO5/c23-14-17-10-4-5-11-18(17)26-15-19(24)27-20(16-8-2-1-3-9-16)21(25)22-12-6-7-13-22/h1-5,8-11,14,20H,6-7,12-13,15H2/t20-/m0/s1. The number of nitrogens with zero attached hydrogens (tertiary/aromatic N) is 1. The number of para-hydroxylation sites is 1. The second kappa shape index (κ2) is 8.98. The summed E-state index contributed by atoms with van der Waals surface area (Å²) in [6.07, 6.45) is 1.56. The summed E-state index contributed by atoms with van der Waals surface area (Å²) in [7, 11) is 0. The lowest BCUT2D eigenvalue weighted by atomic mass is 10.1. The Morgan fingerprint density at radius 2 is 1.67 bits per heavy atom. The third kappa shape index (κ3) is 4.73. The predicted molar refractivity (Wildman–Crippen MR) is 98.4 cm³/mol. The molecule has 1 heterocycles. The molecule has 0 aromatic heterocycles. The van der Waals surface area contributed by atoms with E-state index in [1.54, 1.807) is 53.4 Å². The fraction of sp³-hybridized carbons (Fsp3) is 0.286. The van der Waals surface area contributed by atoms with Crippen molar-refractivity contribution in [2.24, 2.45) is 0 Å². The number of hydrogen-bond acceptors (Lipinski definition) is 5. The van der Waals surface area contributed by atoms with Crippen LogP contribution in [-0.4, -0.2) is 42.8 Å². The van der Waals surface area contributed by atoms with Crippen molar-refractivity contribution in [1.29, 1.82) is 0 Å². The molecule has 6 heteroatoms. The minimum atomic E-state index is -0.998. The highest BCUT2D eigenvalue weighted by atomic mass is 16.6. The molecule has 1 atom stereocenters. The van der Waals surface area contributed by atoms with Gasteiger partial charge in [-0.25, -0.2) is 4.79 Å². The Morgan fingerprint density at radius 1 is 1.00 bits per heavy atom. The second-order valence-corrected chi connectivity index (χ2v) is 6.26. The molecule has 0 bridgehead atoms. The Bertz CT molecular complexity index is 799. The van der Waals surface area contributed by atoms with Crippen LogP contribution >= 0.6 is 0 Å². The zero-order chi connectivity index (χ0) is 19.1. The fourth-order valence-corrected chi connectivity index (χ4v) is 3.00. The van der Waals surface area contributed by atoms with E-state index >= 15 is 0 Å². The van der Waals surface area contributed by atoms with Crippen molar-refractivity contribution in [3.63, 3.8) is 0 Å². The van der Waals surface area contributed by atoms with Gasteiger partial charge in [0.15, 0.2) is 12.9 Å². The highest BCUT2D eigenvalue weighted by Gasteiger charge is 2.31. The predicted octanol–water partition coefficient (Wildman–Crippen LogP) is 2.78. The molecule has 0 radical (unpaired) electrons. The van der Waals surface area contributed by atoms with Crippen LogP contribution < -0.4 is 4.74 Å². The summed E-state index contributed by atoms with van der Waals surface area (Å²) in [5, 5.41) is 0. The van der Waals surface area contributed by atoms with Gasteiger partial charge in [-0.3, -0.25) is 9.59 Å². The van der Waals surface area contributed by atoms with Gasteiger partial charge in [0.2, 0.25) is 6.10 Å². The fourth-order valence-electron chi connectivity index (χ4n) is 3.00. The lowest BCUT2D eigenvalue weighted by Crippen LogP contribution is -2.35. The van der Waals surface area contributed by atoms with Crippen LogP contribution in [0.4, 0.5) is 0 Å². The monoisotopic (exact) mass is 367 g/mol. The maximum atomic E-state index is 12.8. The van der Waals surface area contributed by atoms with Crippen LogP contribution in [0.25, 0.3) is 0 Å². The molecule has 3 rings (SSSR count). The highest BCUT2D eigenvalue weighted by Crippen LogP contribution is 2.23. The van der Waals surface area contributed by atoms with E-state index in [1.807, 2.05) is 6.07 Å². The first-order valence-corrected chi connectivity index (χ1v) is 8.89. The van der Waals surface area contributed by atoms with Crippen molar-refractivity contribution in [2.45, 2.75) is 18.9 Å². The van der Waals surface area contributed by atoms with E-state index in [0.29, 0.717) is 36.3 Å². The van der Waals surface area contributed by atoms with Crippen molar-refractivity contribution in [1.82, 2.24) is 4.90 Å². The first kappa shape index (κ1) is 18.6. The van der Waals surface area contributed by atoms with Gasteiger partial charge in [0.25, 0.3) is 5.91 Å². The molecular formula is C21H21NO5. The van der Waals surface area contributed by atoms with Crippen LogP contribution in [0.1, 0.15) is 34.9 Å². The molecule has 0 spiro atoms. The molecule has 2 aromatic carbocycles. The van der Waals surface area contributed by atoms with Crippen LogP contribution in [0, 0.1) is 0 Å². The normalized spacial score (nSPS) is 14.4. The van der Waals surface area contributed by atoms with Gasteiger partial charge in [-0.2, -0.15) is 0 Å². The lowest BCUT2D eigenvalue weighted by molar-refractivity contribution is -0.162. The summed E-state index contributed by atoms with van der Waals surface area (Å²) in [6.45, 7) is 0.952. The van der Waals surface area contributed by atoms with Gasteiger partial charge in [-0.15, -0.1) is 0 Å². The molecule has 0 unspecified atom stereocenters. The Kier molecular flexibility index (Phi) is 6.20. The molecule has 27 heavy (non-hydrogen) atoms. The minimum absolute atomic E-state index is 0.222. The molecule has 1 saturated heterocycles. The number of esters is 1. The summed E-state index contributed by atoms with van der Waals surface area (Å²) in [5.41, 5.74) is 0.967. The smallest absolute Gasteiger partial charge is 0.345 e. The third-order valence-corrected chi connectivity index (χ3v) is 4.39. The van der Waals surface area contributed by atoms with Gasteiger partial charge in [0.1, 0.15) is 5.75 Å². The number of carbonyl (C=O) groups is 3. The minimum Gasteiger partial charge on any atom is -0.481 e. The van der Waals surface area contributed by atoms with E-state index < -0.39 is 12.1 Å². The number of carbonyl (C=O) groups excluding carboxylic acids is 3. The van der Waals surface area contributed by atoms with Crippen LogP contribution in [0.5, 0.6) is 5.75 Å². The number of amides is 1. The second-order valence-electron chi connectivity index (χ2n) is 6.26. The van der Waals surface area contributed by atoms with E-state index in [-0.39, 0.29) is 12.5 Å². The Hall–Kier alpha value is -3.15. The molecule has 1 fully saturated rings. The molecule has 1 amide bonds. The lowest BCUT2D eigenvalue weighted by Gasteiger charge is -2.23. The Morgan fingerprint density at radius 3 is 2.37 bits per heavy atom. The SMILES string of the molecule is O=Cc1ccccc1OCC(=O)O[C@H](C(=O)N1CCCC1)c1ccccc1. The van der Waals surface area contributed by atoms with E-state index in [2.05, 4.69) is 0 Å². The number of hydrogen-bond donors (Lipinski definition) is 0. The van der Waals surface area contributed by atoms with Gasteiger partial charge in [-0.05, 0) is 25.0 Å². The number of rotatable bonds is 7. The number of benzene rings is 2. The van der Waals surface area contributed by atoms with E-state index in [4.69, 9.17) is 9.47 Å². The van der Waals surface area contributed by atoms with Crippen molar-refractivity contribution in [2.75, 3.05) is 19.7 Å². The van der Waals surface area contributed by atoms with E-state index in [9.17, 15) is 14.4 Å². The van der Waals surface area contributed by atoms with Crippen molar-refractivity contribution < 1.29 is 23.9 Å². The zero-order valence-corrected chi connectivity index (χ0v) is 14.9. The molecule has 140 valence electrons. The Balaban J connectivity index is 1.68. The molecule has 1 aliphatic rings. The van der Waals surface area contributed by atoms with Gasteiger partial charge in [0.05, 0.1) is 5.56 Å². The molecule has 2 aromatic rings. The largest absolute Gasteiger partial charge is 0.481 e. The highest BCUT2D eigenvalue weighted by molar-refractivity contribution is 5.85. The zero-order valence-electron chi connectivity index (χ0n) is 14.9. The van der Waals surface area contributed by atoms with E-state index in [1.165, 1.54) is 0 Å². The first-order chi connectivity index (χ1) is 13.2. The third-order valence-electron chi connectivity index (χ3n) is 4.39. The Labute approximate surface area is 157 Å². The van der Waals surface area contributed by atoms with Gasteiger partial charge in [0, 0.05) is 18.7 Å².